The van der Waals surface area contributed by atoms with E-state index in [0.29, 0.717) is 35.0 Å². The SMILES string of the molecule is COc1ccc(Cc2nnc(SCC(=O)N3C[C@@H](C)C[C@H](C)C3)n2N)cc1. The van der Waals surface area contributed by atoms with Crippen LogP contribution in [0.4, 0.5) is 0 Å². The van der Waals surface area contributed by atoms with Gasteiger partial charge in [0, 0.05) is 19.5 Å². The lowest BCUT2D eigenvalue weighted by Gasteiger charge is -2.34. The summed E-state index contributed by atoms with van der Waals surface area (Å²) in [5.41, 5.74) is 1.07. The van der Waals surface area contributed by atoms with Gasteiger partial charge in [0.05, 0.1) is 12.9 Å². The lowest BCUT2D eigenvalue weighted by molar-refractivity contribution is -0.130. The molecule has 1 fully saturated rings. The molecule has 1 aliphatic heterocycles. The molecule has 0 spiro atoms. The minimum Gasteiger partial charge on any atom is -0.497 e. The van der Waals surface area contributed by atoms with Crippen molar-refractivity contribution >= 4 is 17.7 Å². The number of benzene rings is 1. The fraction of sp³-hybridized carbons (Fsp3) is 0.526. The van der Waals surface area contributed by atoms with E-state index < -0.39 is 0 Å². The second-order valence-electron chi connectivity index (χ2n) is 7.33. The topological polar surface area (TPSA) is 86.3 Å². The normalized spacial score (nSPS) is 19.9. The number of piperidine rings is 1. The first-order valence-corrected chi connectivity index (χ1v) is 10.2. The number of nitrogens with zero attached hydrogens (tertiary/aromatic N) is 4. The van der Waals surface area contributed by atoms with Crippen LogP contribution in [0.3, 0.4) is 0 Å². The first-order valence-electron chi connectivity index (χ1n) is 9.19. The Balaban J connectivity index is 1.57. The maximum Gasteiger partial charge on any atom is 0.233 e. The molecule has 0 radical (unpaired) electrons. The molecule has 27 heavy (non-hydrogen) atoms. The standard InChI is InChI=1S/C19H27N5O2S/c1-13-8-14(2)11-23(10-13)18(25)12-27-19-22-21-17(24(19)20)9-15-4-6-16(26-3)7-5-15/h4-7,13-14H,8-12,20H2,1-3H3/t13-,14-/m0/s1. The lowest BCUT2D eigenvalue weighted by atomic mass is 9.92. The van der Waals surface area contributed by atoms with E-state index in [2.05, 4.69) is 24.0 Å². The number of nitrogens with two attached hydrogens (primary N) is 1. The summed E-state index contributed by atoms with van der Waals surface area (Å²) in [7, 11) is 1.64. The van der Waals surface area contributed by atoms with Crippen LogP contribution in [0.2, 0.25) is 0 Å². The minimum absolute atomic E-state index is 0.137. The largest absolute Gasteiger partial charge is 0.497 e. The molecule has 3 rings (SSSR count). The third kappa shape index (κ3) is 4.94. The Morgan fingerprint density at radius 1 is 1.22 bits per heavy atom. The van der Waals surface area contributed by atoms with Crippen molar-refractivity contribution in [3.63, 3.8) is 0 Å². The number of aromatic nitrogens is 3. The summed E-state index contributed by atoms with van der Waals surface area (Å²) < 4.78 is 6.64. The van der Waals surface area contributed by atoms with Crippen LogP contribution in [0.25, 0.3) is 0 Å². The molecule has 146 valence electrons. The maximum absolute atomic E-state index is 12.5. The highest BCUT2D eigenvalue weighted by molar-refractivity contribution is 7.99. The molecule has 0 bridgehead atoms. The Labute approximate surface area is 164 Å². The number of carbonyl (C=O) groups excluding carboxylic acids is 1. The predicted octanol–water partition coefficient (Wildman–Crippen LogP) is 2.19. The first-order chi connectivity index (χ1) is 13.0. The number of hydrogen-bond donors (Lipinski definition) is 1. The van der Waals surface area contributed by atoms with Crippen molar-refractivity contribution in [2.24, 2.45) is 11.8 Å². The molecule has 7 nitrogen and oxygen atoms in total. The Hall–Kier alpha value is -2.22. The Morgan fingerprint density at radius 3 is 2.52 bits per heavy atom. The summed E-state index contributed by atoms with van der Waals surface area (Å²) in [5.74, 6) is 9.18. The van der Waals surface area contributed by atoms with Crippen LogP contribution < -0.4 is 10.6 Å². The molecular formula is C19H27N5O2S. The Morgan fingerprint density at radius 2 is 1.89 bits per heavy atom. The fourth-order valence-corrected chi connectivity index (χ4v) is 4.31. The summed E-state index contributed by atoms with van der Waals surface area (Å²) in [6.45, 7) is 6.07. The van der Waals surface area contributed by atoms with Crippen molar-refractivity contribution in [3.8, 4) is 5.75 Å². The number of thioether (sulfide) groups is 1. The van der Waals surface area contributed by atoms with Gasteiger partial charge < -0.3 is 15.5 Å². The zero-order valence-electron chi connectivity index (χ0n) is 16.1. The fourth-order valence-electron chi connectivity index (χ4n) is 3.54. The highest BCUT2D eigenvalue weighted by atomic mass is 32.2. The van der Waals surface area contributed by atoms with Gasteiger partial charge in [-0.1, -0.05) is 37.7 Å². The summed E-state index contributed by atoms with van der Waals surface area (Å²) >= 11 is 1.34. The van der Waals surface area contributed by atoms with Crippen LogP contribution >= 0.6 is 11.8 Å². The zero-order chi connectivity index (χ0) is 19.4. The molecule has 0 unspecified atom stereocenters. The molecule has 1 aromatic heterocycles. The molecule has 1 aromatic carbocycles. The molecule has 2 aromatic rings. The molecule has 1 saturated heterocycles. The van der Waals surface area contributed by atoms with Gasteiger partial charge in [0.25, 0.3) is 0 Å². The summed E-state index contributed by atoms with van der Waals surface area (Å²) in [5, 5.41) is 8.89. The van der Waals surface area contributed by atoms with Crippen molar-refractivity contribution in [2.75, 3.05) is 31.8 Å². The van der Waals surface area contributed by atoms with E-state index in [4.69, 9.17) is 10.6 Å². The van der Waals surface area contributed by atoms with E-state index in [1.807, 2.05) is 29.2 Å². The monoisotopic (exact) mass is 389 g/mol. The van der Waals surface area contributed by atoms with Gasteiger partial charge in [0.2, 0.25) is 11.1 Å². The molecule has 2 heterocycles. The molecule has 0 saturated carbocycles. The van der Waals surface area contributed by atoms with Gasteiger partial charge >= 0.3 is 0 Å². The van der Waals surface area contributed by atoms with Crippen molar-refractivity contribution in [1.29, 1.82) is 0 Å². The van der Waals surface area contributed by atoms with Gasteiger partial charge in [0.1, 0.15) is 5.75 Å². The molecule has 0 aliphatic carbocycles. The van der Waals surface area contributed by atoms with Gasteiger partial charge in [-0.15, -0.1) is 10.2 Å². The van der Waals surface area contributed by atoms with Crippen LogP contribution in [-0.2, 0) is 11.2 Å². The van der Waals surface area contributed by atoms with Crippen LogP contribution in [0, 0.1) is 11.8 Å². The third-order valence-electron chi connectivity index (χ3n) is 4.80. The third-order valence-corrected chi connectivity index (χ3v) is 5.73. The quantitative estimate of drug-likeness (QED) is 0.602. The van der Waals surface area contributed by atoms with E-state index in [-0.39, 0.29) is 5.91 Å². The number of hydrogen-bond acceptors (Lipinski definition) is 6. The summed E-state index contributed by atoms with van der Waals surface area (Å²) in [6.07, 6.45) is 1.76. The first kappa shape index (κ1) is 19.5. The smallest absolute Gasteiger partial charge is 0.233 e. The number of amides is 1. The number of rotatable bonds is 6. The van der Waals surface area contributed by atoms with Gasteiger partial charge in [-0.3, -0.25) is 4.79 Å². The number of likely N-dealkylation sites (tertiary alicyclic amines) is 1. The van der Waals surface area contributed by atoms with Crippen molar-refractivity contribution in [3.05, 3.63) is 35.7 Å². The van der Waals surface area contributed by atoms with Gasteiger partial charge in [-0.2, -0.15) is 0 Å². The predicted molar refractivity (Wildman–Crippen MR) is 106 cm³/mol. The summed E-state index contributed by atoms with van der Waals surface area (Å²) in [6, 6.07) is 7.76. The molecule has 1 amide bonds. The second kappa shape index (κ2) is 8.65. The Bertz CT molecular complexity index is 767. The average molecular weight is 390 g/mol. The van der Waals surface area contributed by atoms with E-state index in [1.54, 1.807) is 7.11 Å². The molecule has 1 aliphatic rings. The van der Waals surface area contributed by atoms with Gasteiger partial charge in [0.15, 0.2) is 5.82 Å². The number of carbonyl (C=O) groups is 1. The number of nitrogen functional groups attached to an aromatic ring is 1. The molecule has 2 atom stereocenters. The average Bonchev–Trinajstić information content (AvgIpc) is 2.99. The summed E-state index contributed by atoms with van der Waals surface area (Å²) in [4.78, 5) is 14.5. The minimum atomic E-state index is 0.137. The molecular weight excluding hydrogens is 362 g/mol. The van der Waals surface area contributed by atoms with Crippen LogP contribution in [0.5, 0.6) is 5.75 Å². The van der Waals surface area contributed by atoms with Crippen molar-refractivity contribution in [2.45, 2.75) is 31.8 Å². The zero-order valence-corrected chi connectivity index (χ0v) is 16.9. The lowest BCUT2D eigenvalue weighted by Crippen LogP contribution is -2.43. The maximum atomic E-state index is 12.5. The molecule has 2 N–H and O–H groups in total. The van der Waals surface area contributed by atoms with E-state index in [9.17, 15) is 4.79 Å². The van der Waals surface area contributed by atoms with Crippen molar-refractivity contribution in [1.82, 2.24) is 19.8 Å². The Kier molecular flexibility index (Phi) is 6.26. The van der Waals surface area contributed by atoms with Crippen LogP contribution in [0.1, 0.15) is 31.7 Å². The second-order valence-corrected chi connectivity index (χ2v) is 8.27. The van der Waals surface area contributed by atoms with Gasteiger partial charge in [-0.05, 0) is 36.0 Å². The molecule has 8 heteroatoms. The van der Waals surface area contributed by atoms with E-state index >= 15 is 0 Å². The van der Waals surface area contributed by atoms with E-state index in [0.717, 1.165) is 24.4 Å². The number of methoxy groups -OCH3 is 1. The van der Waals surface area contributed by atoms with Gasteiger partial charge in [-0.25, -0.2) is 4.68 Å². The van der Waals surface area contributed by atoms with Crippen LogP contribution in [0.15, 0.2) is 29.4 Å². The van der Waals surface area contributed by atoms with Crippen LogP contribution in [-0.4, -0.2) is 51.6 Å². The highest BCUT2D eigenvalue weighted by Crippen LogP contribution is 2.23. The highest BCUT2D eigenvalue weighted by Gasteiger charge is 2.25. The van der Waals surface area contributed by atoms with Crippen molar-refractivity contribution < 1.29 is 9.53 Å². The van der Waals surface area contributed by atoms with E-state index in [1.165, 1.54) is 22.9 Å². The number of ether oxygens (including phenoxy) is 1.